The molecule has 2 aromatic heterocycles. The zero-order chi connectivity index (χ0) is 20.4. The number of amides is 1. The smallest absolute Gasteiger partial charge is 0.278 e. The fraction of sp³-hybridized carbons (Fsp3) is 0.227. The van der Waals surface area contributed by atoms with E-state index in [9.17, 15) is 4.79 Å². The lowest BCUT2D eigenvalue weighted by Crippen LogP contribution is -2.16. The van der Waals surface area contributed by atoms with Crippen LogP contribution in [0.1, 0.15) is 35.8 Å². The molecule has 0 spiro atoms. The molecule has 4 aromatic rings. The number of imidazole rings is 1. The van der Waals surface area contributed by atoms with Crippen molar-refractivity contribution in [3.63, 3.8) is 0 Å². The summed E-state index contributed by atoms with van der Waals surface area (Å²) in [5.74, 6) is 1.40. The second-order valence-electron chi connectivity index (χ2n) is 7.17. The van der Waals surface area contributed by atoms with Crippen LogP contribution in [0.5, 0.6) is 5.75 Å². The summed E-state index contributed by atoms with van der Waals surface area (Å²) in [5, 5.41) is 7.11. The van der Waals surface area contributed by atoms with Crippen LogP contribution in [0.15, 0.2) is 60.8 Å². The molecule has 7 nitrogen and oxygen atoms in total. The van der Waals surface area contributed by atoms with Crippen LogP contribution in [0, 0.1) is 0 Å². The molecule has 2 heterocycles. The minimum absolute atomic E-state index is 0.223. The lowest BCUT2D eigenvalue weighted by molar-refractivity contribution is 0.101. The summed E-state index contributed by atoms with van der Waals surface area (Å²) in [4.78, 5) is 17.0. The second-order valence-corrected chi connectivity index (χ2v) is 7.17. The van der Waals surface area contributed by atoms with Gasteiger partial charge >= 0.3 is 0 Å². The summed E-state index contributed by atoms with van der Waals surface area (Å²) in [7, 11) is 1.86. The number of fused-ring (bicyclic) bond motifs is 1. The maximum Gasteiger partial charge on any atom is 0.278 e. The third kappa shape index (κ3) is 3.99. The van der Waals surface area contributed by atoms with Crippen molar-refractivity contribution in [2.45, 2.75) is 26.5 Å². The highest BCUT2D eigenvalue weighted by Crippen LogP contribution is 2.19. The van der Waals surface area contributed by atoms with Gasteiger partial charge in [-0.25, -0.2) is 9.67 Å². The zero-order valence-electron chi connectivity index (χ0n) is 16.7. The maximum absolute atomic E-state index is 12.6. The Hall–Kier alpha value is -3.61. The largest absolute Gasteiger partial charge is 0.471 e. The Kier molecular flexibility index (Phi) is 5.03. The van der Waals surface area contributed by atoms with E-state index < -0.39 is 0 Å². The van der Waals surface area contributed by atoms with Crippen molar-refractivity contribution in [3.8, 4) is 5.75 Å². The fourth-order valence-corrected chi connectivity index (χ4v) is 3.07. The summed E-state index contributed by atoms with van der Waals surface area (Å²) in [6, 6.07) is 17.4. The average Bonchev–Trinajstić information content (AvgIpc) is 3.32. The predicted octanol–water partition coefficient (Wildman–Crippen LogP) is 4.18. The van der Waals surface area contributed by atoms with Gasteiger partial charge in [-0.1, -0.05) is 38.1 Å². The molecule has 148 valence electrons. The van der Waals surface area contributed by atoms with E-state index in [1.807, 2.05) is 48.0 Å². The molecule has 0 saturated carbocycles. The van der Waals surface area contributed by atoms with Gasteiger partial charge in [0.2, 0.25) is 5.95 Å². The van der Waals surface area contributed by atoms with E-state index >= 15 is 0 Å². The van der Waals surface area contributed by atoms with Gasteiger partial charge in [-0.2, -0.15) is 5.10 Å². The molecule has 0 saturated heterocycles. The van der Waals surface area contributed by atoms with Gasteiger partial charge in [0, 0.05) is 13.2 Å². The Morgan fingerprint density at radius 3 is 2.59 bits per heavy atom. The first kappa shape index (κ1) is 18.7. The van der Waals surface area contributed by atoms with Crippen molar-refractivity contribution in [3.05, 3.63) is 72.1 Å². The molecule has 4 rings (SSSR count). The van der Waals surface area contributed by atoms with E-state index in [1.54, 1.807) is 16.9 Å². The number of benzene rings is 2. The molecule has 7 heteroatoms. The van der Waals surface area contributed by atoms with Crippen LogP contribution in [0.2, 0.25) is 0 Å². The maximum atomic E-state index is 12.6. The molecule has 1 N–H and O–H groups in total. The van der Waals surface area contributed by atoms with Gasteiger partial charge in [0.05, 0.1) is 11.0 Å². The first-order chi connectivity index (χ1) is 14.0. The second kappa shape index (κ2) is 7.79. The molecular formula is C22H23N5O2. The van der Waals surface area contributed by atoms with Crippen LogP contribution in [0.25, 0.3) is 11.0 Å². The zero-order valence-corrected chi connectivity index (χ0v) is 16.7. The van der Waals surface area contributed by atoms with E-state index in [0.717, 1.165) is 16.8 Å². The number of nitrogens with zero attached hydrogens (tertiary/aromatic N) is 4. The van der Waals surface area contributed by atoms with E-state index in [-0.39, 0.29) is 12.6 Å². The van der Waals surface area contributed by atoms with Crippen LogP contribution in [0.3, 0.4) is 0 Å². The number of hydrogen-bond acceptors (Lipinski definition) is 4. The van der Waals surface area contributed by atoms with Gasteiger partial charge in [0.25, 0.3) is 5.91 Å². The number of nitrogens with one attached hydrogen (secondary N) is 1. The molecule has 29 heavy (non-hydrogen) atoms. The Labute approximate surface area is 168 Å². The molecule has 0 fully saturated rings. The first-order valence-corrected chi connectivity index (χ1v) is 9.50. The third-order valence-corrected chi connectivity index (χ3v) is 4.80. The van der Waals surface area contributed by atoms with Gasteiger partial charge in [0.15, 0.2) is 12.4 Å². The molecule has 0 aliphatic carbocycles. The van der Waals surface area contributed by atoms with Crippen LogP contribution in [-0.2, 0) is 13.8 Å². The fourth-order valence-electron chi connectivity index (χ4n) is 3.07. The molecule has 0 aliphatic heterocycles. The molecule has 0 atom stereocenters. The number of ether oxygens (including phenoxy) is 1. The van der Waals surface area contributed by atoms with Crippen molar-refractivity contribution in [2.75, 3.05) is 5.32 Å². The van der Waals surface area contributed by atoms with Gasteiger partial charge in [-0.05, 0) is 41.8 Å². The lowest BCUT2D eigenvalue weighted by atomic mass is 10.0. The Morgan fingerprint density at radius 2 is 1.86 bits per heavy atom. The average molecular weight is 389 g/mol. The van der Waals surface area contributed by atoms with Crippen molar-refractivity contribution in [2.24, 2.45) is 7.05 Å². The molecule has 0 unspecified atom stereocenters. The number of aryl methyl sites for hydroxylation is 1. The van der Waals surface area contributed by atoms with Crippen LogP contribution in [-0.4, -0.2) is 25.2 Å². The topological polar surface area (TPSA) is 74.0 Å². The molecule has 1 amide bonds. The number of aromatic nitrogens is 4. The number of carbonyl (C=O) groups is 1. The number of para-hydroxylation sites is 2. The van der Waals surface area contributed by atoms with Gasteiger partial charge < -0.3 is 9.30 Å². The number of rotatable bonds is 6. The summed E-state index contributed by atoms with van der Waals surface area (Å²) < 4.78 is 9.17. The van der Waals surface area contributed by atoms with E-state index in [0.29, 0.717) is 17.6 Å². The van der Waals surface area contributed by atoms with E-state index in [4.69, 9.17) is 4.74 Å². The Balaban J connectivity index is 1.40. The molecule has 0 bridgehead atoms. The van der Waals surface area contributed by atoms with Crippen LogP contribution < -0.4 is 10.1 Å². The summed E-state index contributed by atoms with van der Waals surface area (Å²) in [6.45, 7) is 4.53. The minimum atomic E-state index is -0.316. The SMILES string of the molecule is CC(C)c1ccc(OCn2ccc(C(=O)Nc3nc4ccccc4n3C)n2)cc1. The highest BCUT2D eigenvalue weighted by Gasteiger charge is 2.14. The standard InChI is InChI=1S/C22H23N5O2/c1-15(2)16-8-10-17(11-9-16)29-14-27-13-12-19(25-27)21(28)24-22-23-18-6-4-5-7-20(18)26(22)3/h4-13,15H,14H2,1-3H3,(H,23,24,28). The van der Waals surface area contributed by atoms with E-state index in [2.05, 4.69) is 41.4 Å². The number of carbonyl (C=O) groups excluding carboxylic acids is 1. The van der Waals surface area contributed by atoms with Gasteiger partial charge in [0.1, 0.15) is 5.75 Å². The van der Waals surface area contributed by atoms with Crippen molar-refractivity contribution < 1.29 is 9.53 Å². The molecule has 0 radical (unpaired) electrons. The van der Waals surface area contributed by atoms with E-state index in [1.165, 1.54) is 5.56 Å². The summed E-state index contributed by atoms with van der Waals surface area (Å²) in [5.41, 5.74) is 3.34. The number of anilines is 1. The minimum Gasteiger partial charge on any atom is -0.471 e. The molecular weight excluding hydrogens is 366 g/mol. The van der Waals surface area contributed by atoms with Gasteiger partial charge in [-0.3, -0.25) is 10.1 Å². The highest BCUT2D eigenvalue weighted by molar-refractivity contribution is 6.02. The lowest BCUT2D eigenvalue weighted by Gasteiger charge is -2.09. The quantitative estimate of drug-likeness (QED) is 0.537. The van der Waals surface area contributed by atoms with Crippen LogP contribution >= 0.6 is 0 Å². The van der Waals surface area contributed by atoms with Crippen molar-refractivity contribution in [1.29, 1.82) is 0 Å². The Bertz CT molecular complexity index is 1140. The monoisotopic (exact) mass is 389 g/mol. The molecule has 2 aromatic carbocycles. The first-order valence-electron chi connectivity index (χ1n) is 9.50. The van der Waals surface area contributed by atoms with Gasteiger partial charge in [-0.15, -0.1) is 0 Å². The highest BCUT2D eigenvalue weighted by atomic mass is 16.5. The third-order valence-electron chi connectivity index (χ3n) is 4.80. The Morgan fingerprint density at radius 1 is 1.10 bits per heavy atom. The summed E-state index contributed by atoms with van der Waals surface area (Å²) >= 11 is 0. The number of hydrogen-bond donors (Lipinski definition) is 1. The van der Waals surface area contributed by atoms with Crippen LogP contribution in [0.4, 0.5) is 5.95 Å². The predicted molar refractivity (Wildman–Crippen MR) is 112 cm³/mol. The van der Waals surface area contributed by atoms with Crippen molar-refractivity contribution in [1.82, 2.24) is 19.3 Å². The van der Waals surface area contributed by atoms with Crippen molar-refractivity contribution >= 4 is 22.9 Å². The summed E-state index contributed by atoms with van der Waals surface area (Å²) in [6.07, 6.45) is 1.71. The molecule has 0 aliphatic rings. The normalized spacial score (nSPS) is 11.2.